The van der Waals surface area contributed by atoms with Crippen molar-refractivity contribution in [2.75, 3.05) is 6.54 Å². The number of Topliss-reactive ketones (excluding diaryl/α,β-unsaturated/α-hetero) is 1. The monoisotopic (exact) mass is 298 g/mol. The molecule has 4 heteroatoms. The van der Waals surface area contributed by atoms with Crippen molar-refractivity contribution in [3.63, 3.8) is 0 Å². The van der Waals surface area contributed by atoms with E-state index in [2.05, 4.69) is 6.92 Å². The van der Waals surface area contributed by atoms with Crippen molar-refractivity contribution in [2.45, 2.75) is 39.5 Å². The molecule has 0 aromatic carbocycles. The number of nitriles is 1. The lowest BCUT2D eigenvalue weighted by Crippen LogP contribution is -2.52. The number of ketones is 2. The molecule has 0 amide bonds. The van der Waals surface area contributed by atoms with Crippen LogP contribution in [0.4, 0.5) is 0 Å². The Kier molecular flexibility index (Phi) is 3.37. The molecule has 0 heterocycles. The Morgan fingerprint density at radius 2 is 2.14 bits per heavy atom. The summed E-state index contributed by atoms with van der Waals surface area (Å²) in [5.74, 6) is 0.0395. The normalized spacial score (nSPS) is 41.0. The molecule has 22 heavy (non-hydrogen) atoms. The zero-order chi connectivity index (χ0) is 16.1. The van der Waals surface area contributed by atoms with Crippen LogP contribution in [0.1, 0.15) is 39.5 Å². The van der Waals surface area contributed by atoms with Gasteiger partial charge in [-0.3, -0.25) is 9.59 Å². The van der Waals surface area contributed by atoms with Crippen molar-refractivity contribution < 1.29 is 9.59 Å². The average molecular weight is 298 g/mol. The highest BCUT2D eigenvalue weighted by Gasteiger charge is 2.55. The number of rotatable bonds is 1. The molecule has 0 radical (unpaired) electrons. The third-order valence-corrected chi connectivity index (χ3v) is 6.25. The summed E-state index contributed by atoms with van der Waals surface area (Å²) in [5, 5.41) is 9.30. The summed E-state index contributed by atoms with van der Waals surface area (Å²) < 4.78 is 0. The van der Waals surface area contributed by atoms with Crippen molar-refractivity contribution in [1.29, 1.82) is 5.26 Å². The predicted octanol–water partition coefficient (Wildman–Crippen LogP) is 2.31. The molecule has 4 unspecified atom stereocenters. The lowest BCUT2D eigenvalue weighted by molar-refractivity contribution is -0.123. The first-order valence-corrected chi connectivity index (χ1v) is 8.01. The van der Waals surface area contributed by atoms with Crippen molar-refractivity contribution in [2.24, 2.45) is 28.4 Å². The van der Waals surface area contributed by atoms with Gasteiger partial charge < -0.3 is 5.73 Å². The average Bonchev–Trinajstić information content (AvgIpc) is 2.52. The number of fused-ring (bicyclic) bond motifs is 3. The summed E-state index contributed by atoms with van der Waals surface area (Å²) in [7, 11) is 0. The van der Waals surface area contributed by atoms with Crippen LogP contribution in [0.25, 0.3) is 0 Å². The van der Waals surface area contributed by atoms with E-state index in [1.54, 1.807) is 6.08 Å². The zero-order valence-corrected chi connectivity index (χ0v) is 13.2. The molecular weight excluding hydrogens is 276 g/mol. The predicted molar refractivity (Wildman–Crippen MR) is 82.5 cm³/mol. The van der Waals surface area contributed by atoms with Crippen LogP contribution in [0.3, 0.4) is 0 Å². The van der Waals surface area contributed by atoms with Gasteiger partial charge in [0.25, 0.3) is 0 Å². The van der Waals surface area contributed by atoms with Crippen LogP contribution in [0.5, 0.6) is 0 Å². The van der Waals surface area contributed by atoms with Gasteiger partial charge in [-0.15, -0.1) is 0 Å². The van der Waals surface area contributed by atoms with Crippen LogP contribution in [-0.4, -0.2) is 18.1 Å². The second-order valence-electron chi connectivity index (χ2n) is 7.26. The summed E-state index contributed by atoms with van der Waals surface area (Å²) in [6, 6.07) is 2.05. The van der Waals surface area contributed by atoms with Gasteiger partial charge in [-0.1, -0.05) is 19.9 Å². The fourth-order valence-corrected chi connectivity index (χ4v) is 4.96. The highest BCUT2D eigenvalue weighted by atomic mass is 16.1. The summed E-state index contributed by atoms with van der Waals surface area (Å²) >= 11 is 0. The van der Waals surface area contributed by atoms with E-state index in [0.29, 0.717) is 13.0 Å². The maximum Gasteiger partial charge on any atom is 0.176 e. The summed E-state index contributed by atoms with van der Waals surface area (Å²) in [6.45, 7) is 4.51. The third-order valence-electron chi connectivity index (χ3n) is 6.25. The van der Waals surface area contributed by atoms with Crippen molar-refractivity contribution in [3.05, 3.63) is 23.3 Å². The van der Waals surface area contributed by atoms with E-state index in [-0.39, 0.29) is 34.4 Å². The molecule has 2 N–H and O–H groups in total. The van der Waals surface area contributed by atoms with Crippen molar-refractivity contribution in [1.82, 2.24) is 0 Å². The van der Waals surface area contributed by atoms with Gasteiger partial charge in [0, 0.05) is 29.7 Å². The molecule has 116 valence electrons. The lowest BCUT2D eigenvalue weighted by atomic mass is 9.47. The highest BCUT2D eigenvalue weighted by Crippen LogP contribution is 2.61. The minimum atomic E-state index is -0.411. The summed E-state index contributed by atoms with van der Waals surface area (Å²) in [6.07, 6.45) is 6.75. The number of nitrogens with two attached hydrogens (primary N) is 1. The van der Waals surface area contributed by atoms with E-state index in [4.69, 9.17) is 5.73 Å². The molecule has 3 aliphatic rings. The number of hydrogen-bond donors (Lipinski definition) is 1. The Bertz CT molecular complexity index is 654. The fourth-order valence-electron chi connectivity index (χ4n) is 4.96. The quantitative estimate of drug-likeness (QED) is 0.805. The number of nitrogens with zero attached hydrogens (tertiary/aromatic N) is 1. The minimum absolute atomic E-state index is 0.0621. The van der Waals surface area contributed by atoms with Gasteiger partial charge in [0.15, 0.2) is 11.6 Å². The minimum Gasteiger partial charge on any atom is -0.330 e. The second kappa shape index (κ2) is 4.89. The lowest BCUT2D eigenvalue weighted by Gasteiger charge is -2.56. The van der Waals surface area contributed by atoms with Gasteiger partial charge in [-0.2, -0.15) is 5.26 Å². The smallest absolute Gasteiger partial charge is 0.176 e. The first kappa shape index (κ1) is 15.2. The Morgan fingerprint density at radius 1 is 1.41 bits per heavy atom. The molecule has 0 aliphatic heterocycles. The largest absolute Gasteiger partial charge is 0.330 e. The molecule has 3 rings (SSSR count). The molecule has 4 atom stereocenters. The van der Waals surface area contributed by atoms with Crippen LogP contribution in [0.15, 0.2) is 23.3 Å². The number of hydrogen-bond acceptors (Lipinski definition) is 4. The van der Waals surface area contributed by atoms with Gasteiger partial charge in [0.2, 0.25) is 0 Å². The van der Waals surface area contributed by atoms with Crippen LogP contribution in [0, 0.1) is 34.0 Å². The van der Waals surface area contributed by atoms with E-state index in [1.165, 1.54) is 0 Å². The highest BCUT2D eigenvalue weighted by molar-refractivity contribution is 6.02. The SMILES string of the molecule is CC1C(=O)C(C#N)=CC2(C)C3=CC(=O)CCC3(CN)CCC12. The number of carbonyl (C=O) groups excluding carboxylic acids is 2. The Hall–Kier alpha value is -1.73. The summed E-state index contributed by atoms with van der Waals surface area (Å²) in [5.41, 5.74) is 6.84. The molecule has 1 fully saturated rings. The zero-order valence-electron chi connectivity index (χ0n) is 13.2. The molecule has 0 saturated heterocycles. The molecule has 0 aromatic heterocycles. The summed E-state index contributed by atoms with van der Waals surface area (Å²) in [4.78, 5) is 24.3. The first-order chi connectivity index (χ1) is 10.4. The molecular formula is C18H22N2O2. The van der Waals surface area contributed by atoms with Crippen LogP contribution >= 0.6 is 0 Å². The van der Waals surface area contributed by atoms with Gasteiger partial charge in [-0.05, 0) is 36.8 Å². The molecule has 3 aliphatic carbocycles. The number of allylic oxidation sites excluding steroid dienone is 3. The van der Waals surface area contributed by atoms with Crippen LogP contribution < -0.4 is 5.73 Å². The second-order valence-corrected chi connectivity index (χ2v) is 7.26. The van der Waals surface area contributed by atoms with Crippen LogP contribution in [0.2, 0.25) is 0 Å². The topological polar surface area (TPSA) is 84.0 Å². The molecule has 0 spiro atoms. The van der Waals surface area contributed by atoms with E-state index < -0.39 is 5.41 Å². The Labute approximate surface area is 131 Å². The van der Waals surface area contributed by atoms with Crippen LogP contribution in [-0.2, 0) is 9.59 Å². The Morgan fingerprint density at radius 3 is 2.77 bits per heavy atom. The molecule has 0 bridgehead atoms. The van der Waals surface area contributed by atoms with Crippen molar-refractivity contribution in [3.8, 4) is 6.07 Å². The number of carbonyl (C=O) groups is 2. The maximum absolute atomic E-state index is 12.3. The standard InChI is InChI=1S/C18H22N2O2/c1-11-14-4-6-18(10-20)5-3-13(21)7-15(18)17(14,2)8-12(9-19)16(11)22/h7-8,11,14H,3-6,10,20H2,1-2H3. The van der Waals surface area contributed by atoms with E-state index in [9.17, 15) is 14.9 Å². The van der Waals surface area contributed by atoms with Gasteiger partial charge >= 0.3 is 0 Å². The third kappa shape index (κ3) is 1.85. The maximum atomic E-state index is 12.3. The van der Waals surface area contributed by atoms with Gasteiger partial charge in [0.05, 0.1) is 5.57 Å². The van der Waals surface area contributed by atoms with Gasteiger partial charge in [-0.25, -0.2) is 0 Å². The molecule has 4 nitrogen and oxygen atoms in total. The fraction of sp³-hybridized carbons (Fsp3) is 0.611. The first-order valence-electron chi connectivity index (χ1n) is 8.01. The van der Waals surface area contributed by atoms with E-state index in [1.807, 2.05) is 19.1 Å². The molecule has 0 aromatic rings. The van der Waals surface area contributed by atoms with Crippen molar-refractivity contribution >= 4 is 11.6 Å². The van der Waals surface area contributed by atoms with E-state index >= 15 is 0 Å². The van der Waals surface area contributed by atoms with Gasteiger partial charge in [0.1, 0.15) is 6.07 Å². The van der Waals surface area contributed by atoms with E-state index in [0.717, 1.165) is 24.8 Å². The Balaban J connectivity index is 2.21. The molecule has 1 saturated carbocycles.